The quantitative estimate of drug-likeness (QED) is 0.0417. The number of aliphatic hydroxyl groups is 1. The molecule has 0 aromatic carbocycles. The Hall–Kier alpha value is -2.14. The predicted molar refractivity (Wildman–Crippen MR) is 200 cm³/mol. The number of ether oxygens (including phenoxy) is 2. The Morgan fingerprint density at radius 1 is 0.511 bits per heavy atom. The number of esters is 2. The van der Waals surface area contributed by atoms with Crippen molar-refractivity contribution in [2.45, 2.75) is 193 Å². The van der Waals surface area contributed by atoms with Crippen LogP contribution in [0, 0.1) is 0 Å². The maximum absolute atomic E-state index is 12.2. The molecule has 5 heteroatoms. The summed E-state index contributed by atoms with van der Waals surface area (Å²) in [4.78, 5) is 24.2. The third-order valence-corrected chi connectivity index (χ3v) is 8.39. The second-order valence-corrected chi connectivity index (χ2v) is 13.0. The van der Waals surface area contributed by atoms with E-state index in [0.717, 1.165) is 70.6 Å². The molecule has 0 bridgehead atoms. The summed E-state index contributed by atoms with van der Waals surface area (Å²) in [5.74, 6) is -0.599. The van der Waals surface area contributed by atoms with Crippen LogP contribution >= 0.6 is 0 Å². The SMILES string of the molecule is CC/C=C\C/C=C\C/C=C\C/C=C\CCCCCCCCCCC(=O)OC(CO)COC(=O)CCCCCCCCCCCCCC. The molecule has 0 rings (SSSR count). The minimum Gasteiger partial charge on any atom is -0.462 e. The molecule has 0 aliphatic carbocycles. The molecule has 0 aliphatic heterocycles. The second-order valence-electron chi connectivity index (χ2n) is 13.0. The van der Waals surface area contributed by atoms with Crippen LogP contribution in [0.4, 0.5) is 0 Å². The van der Waals surface area contributed by atoms with Crippen molar-refractivity contribution in [1.82, 2.24) is 0 Å². The van der Waals surface area contributed by atoms with Crippen LogP contribution in [0.15, 0.2) is 48.6 Å². The van der Waals surface area contributed by atoms with Crippen LogP contribution < -0.4 is 0 Å². The lowest BCUT2D eigenvalue weighted by atomic mass is 10.0. The van der Waals surface area contributed by atoms with E-state index >= 15 is 0 Å². The number of carbonyl (C=O) groups is 2. The van der Waals surface area contributed by atoms with Crippen molar-refractivity contribution in [3.8, 4) is 0 Å². The lowest BCUT2D eigenvalue weighted by Crippen LogP contribution is -2.28. The molecule has 272 valence electrons. The minimum atomic E-state index is -0.773. The van der Waals surface area contributed by atoms with E-state index in [0.29, 0.717) is 12.8 Å². The number of aliphatic hydroxyl groups excluding tert-OH is 1. The molecule has 0 heterocycles. The van der Waals surface area contributed by atoms with Crippen LogP contribution in [-0.2, 0) is 19.1 Å². The number of unbranched alkanes of at least 4 members (excludes halogenated alkanes) is 19. The highest BCUT2D eigenvalue weighted by Crippen LogP contribution is 2.14. The van der Waals surface area contributed by atoms with Crippen molar-refractivity contribution in [1.29, 1.82) is 0 Å². The Balaban J connectivity index is 3.57. The summed E-state index contributed by atoms with van der Waals surface area (Å²) in [6, 6.07) is 0. The van der Waals surface area contributed by atoms with E-state index in [-0.39, 0.29) is 25.2 Å². The van der Waals surface area contributed by atoms with Crippen molar-refractivity contribution in [2.75, 3.05) is 13.2 Å². The van der Waals surface area contributed by atoms with Gasteiger partial charge in [-0.25, -0.2) is 0 Å². The van der Waals surface area contributed by atoms with E-state index < -0.39 is 6.10 Å². The van der Waals surface area contributed by atoms with E-state index in [4.69, 9.17) is 9.47 Å². The Morgan fingerprint density at radius 2 is 0.915 bits per heavy atom. The molecular weight excluding hydrogens is 584 g/mol. The van der Waals surface area contributed by atoms with E-state index in [1.165, 1.54) is 89.9 Å². The minimum absolute atomic E-state index is 0.0678. The summed E-state index contributed by atoms with van der Waals surface area (Å²) in [7, 11) is 0. The highest BCUT2D eigenvalue weighted by molar-refractivity contribution is 5.70. The monoisotopic (exact) mass is 659 g/mol. The fourth-order valence-corrected chi connectivity index (χ4v) is 5.43. The van der Waals surface area contributed by atoms with Crippen LogP contribution in [0.25, 0.3) is 0 Å². The zero-order valence-corrected chi connectivity index (χ0v) is 30.8. The normalized spacial score (nSPS) is 12.7. The molecule has 47 heavy (non-hydrogen) atoms. The number of carbonyl (C=O) groups excluding carboxylic acids is 2. The number of rotatable bonds is 35. The molecule has 0 aromatic heterocycles. The lowest BCUT2D eigenvalue weighted by molar-refractivity contribution is -0.161. The molecule has 1 atom stereocenters. The molecule has 0 amide bonds. The zero-order chi connectivity index (χ0) is 34.3. The van der Waals surface area contributed by atoms with Gasteiger partial charge >= 0.3 is 11.9 Å². The van der Waals surface area contributed by atoms with Gasteiger partial charge in [0, 0.05) is 12.8 Å². The Kier molecular flexibility index (Phi) is 36.6. The van der Waals surface area contributed by atoms with E-state index in [1.54, 1.807) is 0 Å². The number of hydrogen-bond donors (Lipinski definition) is 1. The first-order valence-electron chi connectivity index (χ1n) is 19.7. The van der Waals surface area contributed by atoms with Crippen LogP contribution in [-0.4, -0.2) is 36.4 Å². The molecular formula is C42H74O5. The number of hydrogen-bond acceptors (Lipinski definition) is 5. The summed E-state index contributed by atoms with van der Waals surface area (Å²) in [6.07, 6.45) is 47.4. The zero-order valence-electron chi connectivity index (χ0n) is 30.8. The Labute approximate surface area is 290 Å². The van der Waals surface area contributed by atoms with Gasteiger partial charge in [0.25, 0.3) is 0 Å². The van der Waals surface area contributed by atoms with E-state index in [9.17, 15) is 14.7 Å². The van der Waals surface area contributed by atoms with Gasteiger partial charge in [0.15, 0.2) is 6.10 Å². The Morgan fingerprint density at radius 3 is 1.38 bits per heavy atom. The van der Waals surface area contributed by atoms with Gasteiger partial charge in [0.05, 0.1) is 6.61 Å². The first kappa shape index (κ1) is 44.9. The maximum Gasteiger partial charge on any atom is 0.306 e. The molecule has 0 aromatic rings. The van der Waals surface area contributed by atoms with E-state index in [2.05, 4.69) is 62.5 Å². The molecule has 0 fully saturated rings. The smallest absolute Gasteiger partial charge is 0.306 e. The van der Waals surface area contributed by atoms with Crippen molar-refractivity contribution in [3.05, 3.63) is 48.6 Å². The van der Waals surface area contributed by atoms with Crippen LogP contribution in [0.2, 0.25) is 0 Å². The molecule has 0 spiro atoms. The van der Waals surface area contributed by atoms with Gasteiger partial charge in [-0.1, -0.05) is 172 Å². The van der Waals surface area contributed by atoms with E-state index in [1.807, 2.05) is 0 Å². The largest absolute Gasteiger partial charge is 0.462 e. The van der Waals surface area contributed by atoms with Gasteiger partial charge in [-0.15, -0.1) is 0 Å². The summed E-state index contributed by atoms with van der Waals surface area (Å²) < 4.78 is 10.6. The van der Waals surface area contributed by atoms with Gasteiger partial charge in [-0.3, -0.25) is 9.59 Å². The average molecular weight is 659 g/mol. The van der Waals surface area contributed by atoms with Crippen LogP contribution in [0.1, 0.15) is 187 Å². The third kappa shape index (κ3) is 36.5. The van der Waals surface area contributed by atoms with Crippen molar-refractivity contribution >= 4 is 11.9 Å². The van der Waals surface area contributed by atoms with Crippen molar-refractivity contribution in [3.63, 3.8) is 0 Å². The highest BCUT2D eigenvalue weighted by atomic mass is 16.6. The van der Waals surface area contributed by atoms with Gasteiger partial charge in [0.1, 0.15) is 6.61 Å². The predicted octanol–water partition coefficient (Wildman–Crippen LogP) is 12.2. The van der Waals surface area contributed by atoms with Crippen LogP contribution in [0.5, 0.6) is 0 Å². The van der Waals surface area contributed by atoms with Gasteiger partial charge in [-0.2, -0.15) is 0 Å². The Bertz CT molecular complexity index is 797. The molecule has 0 saturated carbocycles. The fourth-order valence-electron chi connectivity index (χ4n) is 5.43. The van der Waals surface area contributed by atoms with Gasteiger partial charge < -0.3 is 14.6 Å². The standard InChI is InChI=1S/C42H74O5/c1-3-5-7-9-11-13-15-17-18-19-20-21-22-23-24-25-27-29-31-33-35-37-42(45)47-40(38-43)39-46-41(44)36-34-32-30-28-26-16-14-12-10-8-6-4-2/h5,7,11,13,17-18,20-21,40,43H,3-4,6,8-10,12,14-16,19,22-39H2,1-2H3/b7-5-,13-11-,18-17-,21-20-. The van der Waals surface area contributed by atoms with Crippen LogP contribution in [0.3, 0.4) is 0 Å². The summed E-state index contributed by atoms with van der Waals surface area (Å²) in [6.45, 7) is 4.01. The maximum atomic E-state index is 12.2. The highest BCUT2D eigenvalue weighted by Gasteiger charge is 2.16. The topological polar surface area (TPSA) is 72.8 Å². The molecule has 0 radical (unpaired) electrons. The third-order valence-electron chi connectivity index (χ3n) is 8.39. The molecule has 0 aliphatic rings. The molecule has 0 saturated heterocycles. The molecule has 1 N–H and O–H groups in total. The van der Waals surface area contributed by atoms with Gasteiger partial charge in [0.2, 0.25) is 0 Å². The van der Waals surface area contributed by atoms with Gasteiger partial charge in [-0.05, 0) is 51.4 Å². The fraction of sp³-hybridized carbons (Fsp3) is 0.762. The summed E-state index contributed by atoms with van der Waals surface area (Å²) >= 11 is 0. The molecule has 5 nitrogen and oxygen atoms in total. The van der Waals surface area contributed by atoms with Crippen molar-refractivity contribution < 1.29 is 24.2 Å². The first-order chi connectivity index (χ1) is 23.1. The summed E-state index contributed by atoms with van der Waals surface area (Å²) in [5, 5.41) is 9.54. The first-order valence-corrected chi connectivity index (χ1v) is 19.7. The molecule has 1 unspecified atom stereocenters. The number of allylic oxidation sites excluding steroid dienone is 8. The second kappa shape index (κ2) is 38.3. The van der Waals surface area contributed by atoms with Crippen molar-refractivity contribution in [2.24, 2.45) is 0 Å². The lowest BCUT2D eigenvalue weighted by Gasteiger charge is -2.15. The summed E-state index contributed by atoms with van der Waals surface area (Å²) in [5.41, 5.74) is 0. The average Bonchev–Trinajstić information content (AvgIpc) is 3.07.